The number of pyridine rings is 1. The Hall–Kier alpha value is -0.510. The van der Waals surface area contributed by atoms with Gasteiger partial charge in [0.25, 0.3) is 0 Å². The van der Waals surface area contributed by atoms with Gasteiger partial charge in [0.1, 0.15) is 5.75 Å². The third-order valence-electron chi connectivity index (χ3n) is 2.42. The average Bonchev–Trinajstić information content (AvgIpc) is 2.14. The van der Waals surface area contributed by atoms with Gasteiger partial charge in [-0.2, -0.15) is 0 Å². The molecule has 3 nitrogen and oxygen atoms in total. The minimum atomic E-state index is 0. The second-order valence-corrected chi connectivity index (χ2v) is 3.48. The van der Waals surface area contributed by atoms with E-state index in [0.29, 0.717) is 11.2 Å². The molecule has 0 saturated carbocycles. The molecule has 0 unspecified atom stereocenters. The molecule has 0 atom stereocenters. The van der Waals surface area contributed by atoms with Gasteiger partial charge in [-0.05, 0) is 37.1 Å². The van der Waals surface area contributed by atoms with E-state index in [-0.39, 0.29) is 43.5 Å². The molecule has 2 aromatic rings. The molecule has 0 spiro atoms. The molecular formula is C11H12ArN2O. The van der Waals surface area contributed by atoms with Crippen molar-refractivity contribution in [2.24, 2.45) is 0 Å². The number of nitrogens with zero attached hydrogens (tertiary/aromatic N) is 1. The summed E-state index contributed by atoms with van der Waals surface area (Å²) in [6, 6.07) is 3.60. The van der Waals surface area contributed by atoms with E-state index < -0.39 is 0 Å². The number of aromatic nitrogens is 1. The van der Waals surface area contributed by atoms with Gasteiger partial charge in [0, 0.05) is 49.3 Å². The van der Waals surface area contributed by atoms with E-state index in [9.17, 15) is 5.11 Å². The SMILES string of the molecule is Cc1cc(N)c2nccc(C)c2c1O.[Ar]. The molecule has 1 aromatic heterocycles. The van der Waals surface area contributed by atoms with Crippen molar-refractivity contribution in [1.29, 1.82) is 0 Å². The van der Waals surface area contributed by atoms with Crippen molar-refractivity contribution >= 4 is 16.6 Å². The Bertz CT molecular complexity index is 511. The van der Waals surface area contributed by atoms with Gasteiger partial charge in [0.15, 0.2) is 0 Å². The van der Waals surface area contributed by atoms with Gasteiger partial charge in [-0.15, -0.1) is 0 Å². The van der Waals surface area contributed by atoms with Crippen LogP contribution in [0.3, 0.4) is 0 Å². The number of nitrogen functional groups attached to an aromatic ring is 1. The van der Waals surface area contributed by atoms with Gasteiger partial charge < -0.3 is 10.8 Å². The summed E-state index contributed by atoms with van der Waals surface area (Å²) in [7, 11) is 0. The topological polar surface area (TPSA) is 59.1 Å². The summed E-state index contributed by atoms with van der Waals surface area (Å²) in [6.45, 7) is 3.76. The van der Waals surface area contributed by atoms with E-state index in [1.165, 1.54) is 0 Å². The molecule has 0 fully saturated rings. The molecule has 0 saturated heterocycles. The van der Waals surface area contributed by atoms with Crippen molar-refractivity contribution in [2.75, 3.05) is 5.73 Å². The minimum absolute atomic E-state index is 0. The molecule has 1 heterocycles. The summed E-state index contributed by atoms with van der Waals surface area (Å²) in [5.41, 5.74) is 8.88. The Morgan fingerprint density at radius 3 is 2.60 bits per heavy atom. The largest absolute Gasteiger partial charge is 0.507 e. The normalized spacial score (nSPS) is 10.0. The number of nitrogens with two attached hydrogens (primary N) is 1. The molecule has 0 aliphatic rings. The van der Waals surface area contributed by atoms with Crippen LogP contribution in [0.15, 0.2) is 18.3 Å². The molecule has 80 valence electrons. The number of hydrogen-bond acceptors (Lipinski definition) is 3. The fourth-order valence-corrected chi connectivity index (χ4v) is 1.64. The number of phenols is 1. The summed E-state index contributed by atoms with van der Waals surface area (Å²) in [6.07, 6.45) is 1.70. The first-order chi connectivity index (χ1) is 6.61. The number of anilines is 1. The van der Waals surface area contributed by atoms with Crippen molar-refractivity contribution in [3.05, 3.63) is 29.5 Å². The predicted octanol–water partition coefficient (Wildman–Crippen LogP) is 2.14. The van der Waals surface area contributed by atoms with Gasteiger partial charge in [-0.1, -0.05) is 0 Å². The zero-order valence-corrected chi connectivity index (χ0v) is 9.26. The molecule has 3 N–H and O–H groups in total. The van der Waals surface area contributed by atoms with Crippen molar-refractivity contribution in [2.45, 2.75) is 13.8 Å². The number of aryl methyl sites for hydroxylation is 2. The molecule has 15 heavy (non-hydrogen) atoms. The average molecular weight is 228 g/mol. The van der Waals surface area contributed by atoms with E-state index in [2.05, 4.69) is 4.98 Å². The standard InChI is InChI=1S/C11H12N2O.Ar/c1-6-3-4-13-10-8(12)5-7(2)11(14)9(6)10;/h3-5,14H,12H2,1-2H3;. The second-order valence-electron chi connectivity index (χ2n) is 3.48. The van der Waals surface area contributed by atoms with Gasteiger partial charge in [0.05, 0.1) is 11.2 Å². The summed E-state index contributed by atoms with van der Waals surface area (Å²) in [5.74, 6) is 0.278. The second kappa shape index (κ2) is 4.56. The summed E-state index contributed by atoms with van der Waals surface area (Å²) >= 11 is 0. The van der Waals surface area contributed by atoms with Crippen LogP contribution in [0.1, 0.15) is 11.1 Å². The van der Waals surface area contributed by atoms with E-state index in [0.717, 1.165) is 16.5 Å². The predicted molar refractivity (Wildman–Crippen MR) is 57.3 cm³/mol. The molecule has 0 amide bonds. The number of rotatable bonds is 0. The van der Waals surface area contributed by atoms with Crippen molar-refractivity contribution in [3.63, 3.8) is 0 Å². The summed E-state index contributed by atoms with van der Waals surface area (Å²) in [4.78, 5) is 4.16. The van der Waals surface area contributed by atoms with Crippen LogP contribution in [0.2, 0.25) is 0 Å². The Balaban J connectivity index is 0.00000112. The maximum atomic E-state index is 9.87. The Labute approximate surface area is 118 Å². The Morgan fingerprint density at radius 2 is 1.93 bits per heavy atom. The first kappa shape index (κ1) is 12.6. The molecule has 0 aliphatic carbocycles. The van der Waals surface area contributed by atoms with Crippen LogP contribution in [0.4, 0.5) is 5.69 Å². The van der Waals surface area contributed by atoms with Crippen LogP contribution in [-0.4, -0.2) is 10.1 Å². The molecule has 0 aliphatic heterocycles. The van der Waals surface area contributed by atoms with Crippen molar-refractivity contribution < 1.29 is 42.8 Å². The third kappa shape index (κ3) is 2.05. The quantitative estimate of drug-likeness (QED) is 0.536. The van der Waals surface area contributed by atoms with Crippen molar-refractivity contribution in [3.8, 4) is 5.75 Å². The molecule has 1 aromatic carbocycles. The maximum absolute atomic E-state index is 9.87. The van der Waals surface area contributed by atoms with Gasteiger partial charge in [-0.3, -0.25) is 4.98 Å². The van der Waals surface area contributed by atoms with E-state index >= 15 is 0 Å². The fourth-order valence-electron chi connectivity index (χ4n) is 1.64. The van der Waals surface area contributed by atoms with Crippen LogP contribution in [0.5, 0.6) is 5.75 Å². The first-order valence-electron chi connectivity index (χ1n) is 4.44. The van der Waals surface area contributed by atoms with Gasteiger partial charge in [-0.25, -0.2) is 0 Å². The van der Waals surface area contributed by atoms with Crippen LogP contribution in [-0.2, 0) is 0 Å². The molecule has 0 bridgehead atoms. The summed E-state index contributed by atoms with van der Waals surface area (Å²) < 4.78 is 0. The number of hydrogen-bond donors (Lipinski definition) is 2. The zero-order valence-electron chi connectivity index (χ0n) is 8.56. The minimum Gasteiger partial charge on any atom is -0.507 e. The monoisotopic (exact) mass is 228 g/mol. The summed E-state index contributed by atoms with van der Waals surface area (Å²) in [5, 5.41) is 10.6. The van der Waals surface area contributed by atoms with Gasteiger partial charge >= 0.3 is 0 Å². The molecular weight excluding hydrogens is 216 g/mol. The number of fused-ring (bicyclic) bond motifs is 1. The zero-order chi connectivity index (χ0) is 10.3. The van der Waals surface area contributed by atoms with Crippen LogP contribution in [0.25, 0.3) is 10.9 Å². The third-order valence-corrected chi connectivity index (χ3v) is 2.42. The Morgan fingerprint density at radius 1 is 1.27 bits per heavy atom. The van der Waals surface area contributed by atoms with Crippen LogP contribution >= 0.6 is 0 Å². The number of benzene rings is 1. The van der Waals surface area contributed by atoms with Gasteiger partial charge in [0.2, 0.25) is 0 Å². The van der Waals surface area contributed by atoms with Crippen LogP contribution < -0.4 is 5.73 Å². The molecule has 0 radical (unpaired) electrons. The smallest absolute Gasteiger partial charge is 0.128 e. The number of phenolic OH excluding ortho intramolecular Hbond substituents is 1. The van der Waals surface area contributed by atoms with E-state index in [1.807, 2.05) is 19.9 Å². The maximum Gasteiger partial charge on any atom is 0.128 e. The van der Waals surface area contributed by atoms with E-state index in [4.69, 9.17) is 5.73 Å². The van der Waals surface area contributed by atoms with Crippen molar-refractivity contribution in [1.82, 2.24) is 4.98 Å². The first-order valence-corrected chi connectivity index (χ1v) is 4.44. The van der Waals surface area contributed by atoms with E-state index in [1.54, 1.807) is 12.3 Å². The Kier molecular flexibility index (Phi) is 3.82. The molecule has 2 rings (SSSR count). The fraction of sp³-hybridized carbons (Fsp3) is 0.182. The number of aromatic hydroxyl groups is 1. The molecule has 4 heteroatoms. The van der Waals surface area contributed by atoms with Crippen LogP contribution in [0, 0.1) is 51.6 Å².